The first-order valence-electron chi connectivity index (χ1n) is 14.2. The Hall–Kier alpha value is -3.46. The van der Waals surface area contributed by atoms with Crippen LogP contribution in [0.1, 0.15) is 88.7 Å². The minimum Gasteiger partial charge on any atom is -0.356 e. The summed E-state index contributed by atoms with van der Waals surface area (Å²) in [6.07, 6.45) is 10.8. The summed E-state index contributed by atoms with van der Waals surface area (Å²) in [5.41, 5.74) is 2.61. The van der Waals surface area contributed by atoms with Gasteiger partial charge in [-0.05, 0) is 79.3 Å². The lowest BCUT2D eigenvalue weighted by atomic mass is 9.72. The fraction of sp³-hybridized carbons (Fsp3) is 0.469. The minimum absolute atomic E-state index is 0.0254. The number of hydrogen-bond donors (Lipinski definition) is 0. The van der Waals surface area contributed by atoms with E-state index in [9.17, 15) is 14.4 Å². The third-order valence-corrected chi connectivity index (χ3v) is 8.66. The lowest BCUT2D eigenvalue weighted by Gasteiger charge is -2.42. The van der Waals surface area contributed by atoms with E-state index in [1.807, 2.05) is 18.2 Å². The van der Waals surface area contributed by atoms with E-state index in [4.69, 9.17) is 4.98 Å². The van der Waals surface area contributed by atoms with Gasteiger partial charge in [-0.25, -0.2) is 9.37 Å². The standard InChI is InChI=1S/C32H37FN4O/c1-3-5-6-15-32(4-2)16-18-36(19-17-32)29-21-30(38)37(27-13-11-24(12-14-27)23-7-8-23)31(35-29)25-9-10-26(22-34)28(33)20-25/h9-14,20-21,23H,3-8,15-19H2,1-2H3. The number of hydrogen-bond acceptors (Lipinski definition) is 4. The zero-order valence-electron chi connectivity index (χ0n) is 22.5. The van der Waals surface area contributed by atoms with Gasteiger partial charge >= 0.3 is 0 Å². The first-order valence-corrected chi connectivity index (χ1v) is 14.2. The molecule has 1 saturated heterocycles. The van der Waals surface area contributed by atoms with Gasteiger partial charge in [0, 0.05) is 24.7 Å². The van der Waals surface area contributed by atoms with Gasteiger partial charge < -0.3 is 4.90 Å². The van der Waals surface area contributed by atoms with Crippen LogP contribution in [0.25, 0.3) is 17.1 Å². The maximum absolute atomic E-state index is 14.7. The molecule has 1 aromatic heterocycles. The Kier molecular flexibility index (Phi) is 7.65. The zero-order valence-corrected chi connectivity index (χ0v) is 22.5. The summed E-state index contributed by atoms with van der Waals surface area (Å²) in [5, 5.41) is 9.21. The van der Waals surface area contributed by atoms with Crippen molar-refractivity contribution in [2.45, 2.75) is 77.6 Å². The number of nitrogens with zero attached hydrogens (tertiary/aromatic N) is 4. The van der Waals surface area contributed by atoms with Crippen molar-refractivity contribution in [3.8, 4) is 23.1 Å². The second kappa shape index (κ2) is 11.1. The van der Waals surface area contributed by atoms with Crippen molar-refractivity contribution in [1.82, 2.24) is 9.55 Å². The van der Waals surface area contributed by atoms with Gasteiger partial charge in [-0.3, -0.25) is 9.36 Å². The van der Waals surface area contributed by atoms with Gasteiger partial charge in [-0.2, -0.15) is 5.26 Å². The van der Waals surface area contributed by atoms with E-state index in [0.29, 0.717) is 34.2 Å². The average molecular weight is 513 g/mol. The quantitative estimate of drug-likeness (QED) is 0.281. The molecule has 1 aliphatic carbocycles. The average Bonchev–Trinajstić information content (AvgIpc) is 3.79. The molecule has 198 valence electrons. The highest BCUT2D eigenvalue weighted by molar-refractivity contribution is 5.62. The number of piperidine rings is 1. The van der Waals surface area contributed by atoms with Crippen LogP contribution in [0.2, 0.25) is 0 Å². The summed E-state index contributed by atoms with van der Waals surface area (Å²) in [6, 6.07) is 16.0. The van der Waals surface area contributed by atoms with Crippen LogP contribution in [0.5, 0.6) is 0 Å². The van der Waals surface area contributed by atoms with E-state index in [2.05, 4.69) is 30.9 Å². The van der Waals surface area contributed by atoms with Gasteiger partial charge in [0.2, 0.25) is 0 Å². The predicted molar refractivity (Wildman–Crippen MR) is 150 cm³/mol. The number of halogens is 1. The van der Waals surface area contributed by atoms with Crippen LogP contribution in [-0.2, 0) is 0 Å². The van der Waals surface area contributed by atoms with Crippen LogP contribution in [0, 0.1) is 22.6 Å². The molecule has 3 aromatic rings. The number of anilines is 1. The van der Waals surface area contributed by atoms with Crippen LogP contribution >= 0.6 is 0 Å². The predicted octanol–water partition coefficient (Wildman–Crippen LogP) is 7.36. The maximum atomic E-state index is 14.7. The van der Waals surface area contributed by atoms with Gasteiger partial charge in [-0.15, -0.1) is 0 Å². The molecule has 0 unspecified atom stereocenters. The summed E-state index contributed by atoms with van der Waals surface area (Å²) in [7, 11) is 0. The highest BCUT2D eigenvalue weighted by Gasteiger charge is 2.33. The fourth-order valence-corrected chi connectivity index (χ4v) is 5.87. The number of aromatic nitrogens is 2. The van der Waals surface area contributed by atoms with Crippen LogP contribution in [0.15, 0.2) is 53.3 Å². The van der Waals surface area contributed by atoms with E-state index >= 15 is 0 Å². The second-order valence-corrected chi connectivity index (χ2v) is 11.1. The van der Waals surface area contributed by atoms with Gasteiger partial charge in [0.1, 0.15) is 23.5 Å². The number of nitriles is 1. The summed E-state index contributed by atoms with van der Waals surface area (Å²) < 4.78 is 16.2. The first-order chi connectivity index (χ1) is 18.5. The Morgan fingerprint density at radius 3 is 2.39 bits per heavy atom. The third-order valence-electron chi connectivity index (χ3n) is 8.66. The van der Waals surface area contributed by atoms with E-state index in [1.165, 1.54) is 62.6 Å². The molecule has 5 rings (SSSR count). The lowest BCUT2D eigenvalue weighted by molar-refractivity contribution is 0.184. The summed E-state index contributed by atoms with van der Waals surface area (Å²) in [4.78, 5) is 20.8. The van der Waals surface area contributed by atoms with Crippen molar-refractivity contribution in [1.29, 1.82) is 5.26 Å². The van der Waals surface area contributed by atoms with E-state index < -0.39 is 5.82 Å². The molecular weight excluding hydrogens is 475 g/mol. The van der Waals surface area contributed by atoms with E-state index in [0.717, 1.165) is 25.9 Å². The molecule has 2 fully saturated rings. The topological polar surface area (TPSA) is 61.9 Å². The Labute approximate surface area is 225 Å². The molecule has 2 heterocycles. The molecule has 38 heavy (non-hydrogen) atoms. The molecular formula is C32H37FN4O. The van der Waals surface area contributed by atoms with Crippen LogP contribution < -0.4 is 10.5 Å². The van der Waals surface area contributed by atoms with Crippen LogP contribution in [0.3, 0.4) is 0 Å². The molecule has 1 saturated carbocycles. The smallest absolute Gasteiger partial charge is 0.260 e. The Morgan fingerprint density at radius 2 is 1.79 bits per heavy atom. The third kappa shape index (κ3) is 5.38. The highest BCUT2D eigenvalue weighted by Crippen LogP contribution is 2.41. The van der Waals surface area contributed by atoms with Crippen molar-refractivity contribution in [3.05, 3.63) is 75.8 Å². The zero-order chi connectivity index (χ0) is 26.7. The van der Waals surface area contributed by atoms with E-state index in [-0.39, 0.29) is 11.1 Å². The van der Waals surface area contributed by atoms with Gasteiger partial charge in [0.05, 0.1) is 11.3 Å². The van der Waals surface area contributed by atoms with Crippen molar-refractivity contribution in [3.63, 3.8) is 0 Å². The number of benzene rings is 2. The van der Waals surface area contributed by atoms with Crippen LogP contribution in [-0.4, -0.2) is 22.6 Å². The molecule has 0 bridgehead atoms. The fourth-order valence-electron chi connectivity index (χ4n) is 5.87. The first kappa shape index (κ1) is 26.2. The molecule has 1 aliphatic heterocycles. The van der Waals surface area contributed by atoms with Crippen molar-refractivity contribution >= 4 is 5.82 Å². The molecule has 2 aliphatic rings. The van der Waals surface area contributed by atoms with Crippen LogP contribution in [0.4, 0.5) is 10.2 Å². The van der Waals surface area contributed by atoms with Crippen molar-refractivity contribution < 1.29 is 4.39 Å². The summed E-state index contributed by atoms with van der Waals surface area (Å²) in [5.74, 6) is 1.03. The Balaban J connectivity index is 1.50. The normalized spacial score (nSPS) is 16.8. The van der Waals surface area contributed by atoms with Crippen molar-refractivity contribution in [2.75, 3.05) is 18.0 Å². The molecule has 0 spiro atoms. The largest absolute Gasteiger partial charge is 0.356 e. The van der Waals surface area contributed by atoms with Crippen molar-refractivity contribution in [2.24, 2.45) is 5.41 Å². The molecule has 0 atom stereocenters. The Morgan fingerprint density at radius 1 is 1.05 bits per heavy atom. The lowest BCUT2D eigenvalue weighted by Crippen LogP contribution is -2.41. The molecule has 0 amide bonds. The second-order valence-electron chi connectivity index (χ2n) is 11.1. The SMILES string of the molecule is CCCCCC1(CC)CCN(c2cc(=O)n(-c3ccc(C4CC4)cc3)c(-c3ccc(C#N)c(F)c3)n2)CC1. The highest BCUT2D eigenvalue weighted by atomic mass is 19.1. The maximum Gasteiger partial charge on any atom is 0.260 e. The van der Waals surface area contributed by atoms with E-state index in [1.54, 1.807) is 16.7 Å². The number of unbranched alkanes of at least 4 members (excludes halogenated alkanes) is 2. The van der Waals surface area contributed by atoms with Gasteiger partial charge in [0.25, 0.3) is 5.56 Å². The minimum atomic E-state index is -0.613. The summed E-state index contributed by atoms with van der Waals surface area (Å²) in [6.45, 7) is 6.25. The monoisotopic (exact) mass is 512 g/mol. The molecule has 2 aromatic carbocycles. The molecule has 6 heteroatoms. The molecule has 0 N–H and O–H groups in total. The van der Waals surface area contributed by atoms with Gasteiger partial charge in [0.15, 0.2) is 0 Å². The summed E-state index contributed by atoms with van der Waals surface area (Å²) >= 11 is 0. The molecule has 0 radical (unpaired) electrons. The van der Waals surface area contributed by atoms with Gasteiger partial charge in [-0.1, -0.05) is 51.7 Å². The number of rotatable bonds is 9. The molecule has 5 nitrogen and oxygen atoms in total. The Bertz CT molecular complexity index is 1380.